The molecule has 0 unspecified atom stereocenters. The number of amides is 1. The molecule has 4 aliphatic heterocycles. The normalized spacial score (nSPS) is 38.5. The molecular formula is C30H45NO6. The summed E-state index contributed by atoms with van der Waals surface area (Å²) in [6, 6.07) is 7.64. The summed E-state index contributed by atoms with van der Waals surface area (Å²) >= 11 is 0. The molecule has 6 rings (SSSR count). The Morgan fingerprint density at radius 2 is 1.86 bits per heavy atom. The van der Waals surface area contributed by atoms with Crippen LogP contribution < -0.4 is 10.1 Å². The molecule has 5 fully saturated rings. The van der Waals surface area contributed by atoms with E-state index in [0.717, 1.165) is 43.7 Å². The quantitative estimate of drug-likeness (QED) is 0.279. The molecule has 1 aliphatic carbocycles. The molecule has 206 valence electrons. The number of benzene rings is 1. The van der Waals surface area contributed by atoms with Crippen LogP contribution >= 0.6 is 0 Å². The number of carbonyl (C=O) groups excluding carboxylic acids is 1. The summed E-state index contributed by atoms with van der Waals surface area (Å²) in [6.45, 7) is 9.45. The first-order chi connectivity index (χ1) is 17.8. The highest BCUT2D eigenvalue weighted by atomic mass is 17.3. The molecule has 4 heterocycles. The number of unbranched alkanes of at least 4 members (excludes halogenated alkanes) is 3. The fraction of sp³-hybridized carbons (Fsp3) is 0.767. The molecule has 1 spiro atoms. The van der Waals surface area contributed by atoms with E-state index in [1.807, 2.05) is 31.2 Å². The molecule has 4 saturated heterocycles. The molecule has 0 aromatic heterocycles. The maximum atomic E-state index is 12.8. The summed E-state index contributed by atoms with van der Waals surface area (Å²) < 4.78 is 18.9. The van der Waals surface area contributed by atoms with E-state index >= 15 is 0 Å². The van der Waals surface area contributed by atoms with Crippen LogP contribution in [0.2, 0.25) is 0 Å². The van der Waals surface area contributed by atoms with Crippen molar-refractivity contribution in [2.75, 3.05) is 11.9 Å². The summed E-state index contributed by atoms with van der Waals surface area (Å²) in [4.78, 5) is 24.9. The van der Waals surface area contributed by atoms with Crippen molar-refractivity contribution < 1.29 is 28.8 Å². The van der Waals surface area contributed by atoms with Gasteiger partial charge in [-0.25, -0.2) is 9.78 Å². The summed E-state index contributed by atoms with van der Waals surface area (Å²) in [6.07, 6.45) is 9.34. The lowest BCUT2D eigenvalue weighted by atomic mass is 9.57. The second-order valence-electron chi connectivity index (χ2n) is 12.0. The predicted molar refractivity (Wildman–Crippen MR) is 141 cm³/mol. The van der Waals surface area contributed by atoms with Gasteiger partial charge < -0.3 is 19.5 Å². The molecule has 1 N–H and O–H groups in total. The molecule has 7 nitrogen and oxygen atoms in total. The average Bonchev–Trinajstić information content (AvgIpc) is 3.12. The molecule has 1 aromatic rings. The number of anilines is 1. The van der Waals surface area contributed by atoms with Crippen molar-refractivity contribution in [3.63, 3.8) is 0 Å². The van der Waals surface area contributed by atoms with Gasteiger partial charge in [-0.1, -0.05) is 40.0 Å². The molecule has 2 bridgehead atoms. The Balaban J connectivity index is 1.16. The molecule has 8 atom stereocenters. The van der Waals surface area contributed by atoms with Gasteiger partial charge in [-0.3, -0.25) is 4.79 Å². The van der Waals surface area contributed by atoms with Crippen LogP contribution in [-0.4, -0.2) is 36.3 Å². The first kappa shape index (κ1) is 26.9. The first-order valence-corrected chi connectivity index (χ1v) is 14.6. The van der Waals surface area contributed by atoms with Crippen LogP contribution in [0, 0.1) is 23.7 Å². The Kier molecular flexibility index (Phi) is 8.15. The van der Waals surface area contributed by atoms with Crippen LogP contribution in [0.5, 0.6) is 5.75 Å². The molecule has 7 heteroatoms. The number of carbonyl (C=O) groups is 1. The number of hydrogen-bond donors (Lipinski definition) is 1. The van der Waals surface area contributed by atoms with E-state index in [1.54, 1.807) is 0 Å². The van der Waals surface area contributed by atoms with E-state index in [4.69, 9.17) is 24.0 Å². The number of hydrogen-bond acceptors (Lipinski definition) is 6. The zero-order valence-corrected chi connectivity index (χ0v) is 23.0. The molecule has 1 saturated carbocycles. The van der Waals surface area contributed by atoms with Crippen molar-refractivity contribution >= 4 is 11.6 Å². The maximum absolute atomic E-state index is 12.8. The summed E-state index contributed by atoms with van der Waals surface area (Å²) in [7, 11) is 0. The molecule has 1 aromatic carbocycles. The monoisotopic (exact) mass is 515 g/mol. The van der Waals surface area contributed by atoms with Gasteiger partial charge in [0.25, 0.3) is 0 Å². The van der Waals surface area contributed by atoms with Crippen LogP contribution in [0.3, 0.4) is 0 Å². The molecular weight excluding hydrogens is 470 g/mol. The standard InChI is InChI=1S/C30H45NO6/c1-5-6-7-8-19-33-23-12-10-22(11-13-23)31-27(32)16-15-26-21(3)25-14-9-20(2)24-17-18-29(4)35-28(34-26)30(24,25)37-36-29/h10-13,20-21,24-26,28H,5-9,14-19H2,1-4H3,(H,31,32)/t20-,21-,24+,25+,26-,28-,29-,30-/m1/s1. The Morgan fingerprint density at radius 3 is 2.65 bits per heavy atom. The zero-order valence-electron chi connectivity index (χ0n) is 23.0. The second kappa shape index (κ2) is 11.2. The van der Waals surface area contributed by atoms with Gasteiger partial charge >= 0.3 is 0 Å². The van der Waals surface area contributed by atoms with Gasteiger partial charge in [0.05, 0.1) is 12.7 Å². The van der Waals surface area contributed by atoms with Gasteiger partial charge in [0.15, 0.2) is 11.9 Å². The molecule has 5 aliphatic rings. The van der Waals surface area contributed by atoms with Gasteiger partial charge in [-0.2, -0.15) is 0 Å². The van der Waals surface area contributed by atoms with Gasteiger partial charge in [0.1, 0.15) is 5.75 Å². The number of rotatable bonds is 10. The third kappa shape index (κ3) is 5.42. The smallest absolute Gasteiger partial charge is 0.224 e. The predicted octanol–water partition coefficient (Wildman–Crippen LogP) is 6.61. The Bertz CT molecular complexity index is 923. The average molecular weight is 516 g/mol. The van der Waals surface area contributed by atoms with E-state index in [9.17, 15) is 4.79 Å². The van der Waals surface area contributed by atoms with E-state index in [-0.39, 0.29) is 23.8 Å². The topological polar surface area (TPSA) is 75.3 Å². The van der Waals surface area contributed by atoms with Gasteiger partial charge in [0.2, 0.25) is 11.7 Å². The number of fused-ring (bicyclic) bond motifs is 2. The lowest BCUT2D eigenvalue weighted by Crippen LogP contribution is -2.70. The lowest BCUT2D eigenvalue weighted by Gasteiger charge is -2.60. The second-order valence-corrected chi connectivity index (χ2v) is 12.0. The highest BCUT2D eigenvalue weighted by Crippen LogP contribution is 2.60. The van der Waals surface area contributed by atoms with E-state index < -0.39 is 17.7 Å². The van der Waals surface area contributed by atoms with Gasteiger partial charge in [-0.15, -0.1) is 0 Å². The summed E-state index contributed by atoms with van der Waals surface area (Å²) in [5.41, 5.74) is 0.234. The van der Waals surface area contributed by atoms with Crippen LogP contribution in [0.15, 0.2) is 24.3 Å². The third-order valence-electron chi connectivity index (χ3n) is 9.36. The van der Waals surface area contributed by atoms with E-state index in [1.165, 1.54) is 25.7 Å². The fourth-order valence-corrected chi connectivity index (χ4v) is 7.16. The fourth-order valence-electron chi connectivity index (χ4n) is 7.16. The minimum atomic E-state index is -0.772. The van der Waals surface area contributed by atoms with Crippen molar-refractivity contribution in [1.29, 1.82) is 0 Å². The minimum Gasteiger partial charge on any atom is -0.494 e. The third-order valence-corrected chi connectivity index (χ3v) is 9.36. The van der Waals surface area contributed by atoms with Crippen molar-refractivity contribution in [2.24, 2.45) is 23.7 Å². The van der Waals surface area contributed by atoms with Crippen LogP contribution in [0.1, 0.15) is 91.9 Å². The van der Waals surface area contributed by atoms with Crippen LogP contribution in [0.25, 0.3) is 0 Å². The summed E-state index contributed by atoms with van der Waals surface area (Å²) in [5, 5.41) is 3.03. The largest absolute Gasteiger partial charge is 0.494 e. The van der Waals surface area contributed by atoms with Gasteiger partial charge in [-0.05, 0) is 81.0 Å². The summed E-state index contributed by atoms with van der Waals surface area (Å²) in [5.74, 6) is 1.50. The van der Waals surface area contributed by atoms with E-state index in [2.05, 4.69) is 26.1 Å². The van der Waals surface area contributed by atoms with Gasteiger partial charge in [0, 0.05) is 24.4 Å². The highest BCUT2D eigenvalue weighted by Gasteiger charge is 2.69. The molecule has 37 heavy (non-hydrogen) atoms. The zero-order chi connectivity index (χ0) is 26.0. The van der Waals surface area contributed by atoms with Crippen LogP contribution in [-0.2, 0) is 24.0 Å². The first-order valence-electron chi connectivity index (χ1n) is 14.6. The van der Waals surface area contributed by atoms with Crippen LogP contribution in [0.4, 0.5) is 5.69 Å². The molecule has 1 amide bonds. The molecule has 0 radical (unpaired) electrons. The number of ether oxygens (including phenoxy) is 3. The van der Waals surface area contributed by atoms with Crippen molar-refractivity contribution in [3.8, 4) is 5.75 Å². The minimum absolute atomic E-state index is 0.00526. The lowest BCUT2D eigenvalue weighted by molar-refractivity contribution is -0.571. The maximum Gasteiger partial charge on any atom is 0.224 e. The Morgan fingerprint density at radius 1 is 1.05 bits per heavy atom. The SMILES string of the molecule is CCCCCCOc1ccc(NC(=O)CC[C@H]2O[C@@H]3O[C@@]4(C)CC[C@H]5[C@H](C)CC[C@@H]([C@H]2C)[C@@]35OO4)cc1. The number of nitrogens with one attached hydrogen (secondary N) is 1. The van der Waals surface area contributed by atoms with Crippen molar-refractivity contribution in [1.82, 2.24) is 0 Å². The highest BCUT2D eigenvalue weighted by molar-refractivity contribution is 5.90. The Hall–Kier alpha value is -1.67. The van der Waals surface area contributed by atoms with E-state index in [0.29, 0.717) is 24.7 Å². The Labute approximate surface area is 221 Å². The van der Waals surface area contributed by atoms with Crippen molar-refractivity contribution in [3.05, 3.63) is 24.3 Å². The van der Waals surface area contributed by atoms with Crippen molar-refractivity contribution in [2.45, 2.75) is 116 Å².